The molecule has 1 aliphatic rings. The molecule has 0 aliphatic carbocycles. The second-order valence-corrected chi connectivity index (χ2v) is 6.03. The predicted octanol–water partition coefficient (Wildman–Crippen LogP) is 3.82. The van der Waals surface area contributed by atoms with Gasteiger partial charge in [0.1, 0.15) is 17.4 Å². The van der Waals surface area contributed by atoms with E-state index in [0.29, 0.717) is 41.6 Å². The van der Waals surface area contributed by atoms with Crippen LogP contribution >= 0.6 is 24.0 Å². The van der Waals surface area contributed by atoms with Gasteiger partial charge in [0, 0.05) is 37.8 Å². The van der Waals surface area contributed by atoms with Gasteiger partial charge in [0.05, 0.1) is 0 Å². The van der Waals surface area contributed by atoms with Crippen LogP contribution < -0.4 is 24.8 Å². The molecule has 164 valence electrons. The van der Waals surface area contributed by atoms with Crippen LogP contribution in [0.3, 0.4) is 0 Å². The summed E-state index contributed by atoms with van der Waals surface area (Å²) in [6, 6.07) is 6.29. The Kier molecular flexibility index (Phi) is 8.81. The summed E-state index contributed by atoms with van der Waals surface area (Å²) in [4.78, 5) is 4.03. The molecule has 3 rings (SSSR count). The van der Waals surface area contributed by atoms with Crippen molar-refractivity contribution in [3.8, 4) is 17.2 Å². The number of rotatable bonds is 7. The second kappa shape index (κ2) is 11.1. The number of alkyl halides is 2. The van der Waals surface area contributed by atoms with E-state index < -0.39 is 18.2 Å². The summed E-state index contributed by atoms with van der Waals surface area (Å²) in [5.41, 5.74) is 0.778. The Hall–Kier alpha value is -2.44. The summed E-state index contributed by atoms with van der Waals surface area (Å²) >= 11 is 0. The molecule has 1 aliphatic heterocycles. The summed E-state index contributed by atoms with van der Waals surface area (Å²) in [5.74, 6) is -0.175. The quantitative estimate of drug-likeness (QED) is 0.242. The number of benzene rings is 2. The van der Waals surface area contributed by atoms with Crippen LogP contribution in [0.5, 0.6) is 17.2 Å². The van der Waals surface area contributed by atoms with E-state index in [-0.39, 0.29) is 43.1 Å². The van der Waals surface area contributed by atoms with E-state index >= 15 is 0 Å². The Bertz CT molecular complexity index is 900. The van der Waals surface area contributed by atoms with E-state index in [1.54, 1.807) is 6.07 Å². The van der Waals surface area contributed by atoms with E-state index in [0.717, 1.165) is 6.07 Å². The molecule has 0 radical (unpaired) electrons. The Morgan fingerprint density at radius 1 is 1.10 bits per heavy atom. The molecule has 2 N–H and O–H groups in total. The predicted molar refractivity (Wildman–Crippen MR) is 113 cm³/mol. The smallest absolute Gasteiger partial charge is 0.387 e. The molecule has 2 aromatic carbocycles. The molecule has 0 spiro atoms. The molecule has 2 aromatic rings. The van der Waals surface area contributed by atoms with Gasteiger partial charge < -0.3 is 24.8 Å². The van der Waals surface area contributed by atoms with Crippen LogP contribution in [0, 0.1) is 11.6 Å². The average molecular weight is 541 g/mol. The molecular weight excluding hydrogens is 521 g/mol. The number of guanidine groups is 1. The molecular formula is C19H20F4IN3O3. The SMILES string of the molecule is CN=C(NCCc1ccc(F)cc1F)NCc1cc2c(cc1OC(F)F)OCO2.I. The molecule has 0 aromatic heterocycles. The second-order valence-electron chi connectivity index (χ2n) is 6.03. The van der Waals surface area contributed by atoms with Gasteiger partial charge in [-0.15, -0.1) is 24.0 Å². The fraction of sp³-hybridized carbons (Fsp3) is 0.316. The molecule has 0 atom stereocenters. The van der Waals surface area contributed by atoms with Gasteiger partial charge in [0.25, 0.3) is 0 Å². The highest BCUT2D eigenvalue weighted by atomic mass is 127. The molecule has 0 fully saturated rings. The monoisotopic (exact) mass is 541 g/mol. The van der Waals surface area contributed by atoms with Crippen molar-refractivity contribution < 1.29 is 31.8 Å². The molecule has 30 heavy (non-hydrogen) atoms. The fourth-order valence-electron chi connectivity index (χ4n) is 2.75. The van der Waals surface area contributed by atoms with Gasteiger partial charge in [-0.1, -0.05) is 6.07 Å². The lowest BCUT2D eigenvalue weighted by Gasteiger charge is -2.15. The molecule has 0 amide bonds. The van der Waals surface area contributed by atoms with Gasteiger partial charge in [0.2, 0.25) is 6.79 Å². The standard InChI is InChI=1S/C19H19F4N3O3.HI/c1-24-19(25-5-4-11-2-3-13(20)7-14(11)21)26-9-12-6-16-17(28-10-27-16)8-15(12)29-18(22)23;/h2-3,6-8,18H,4-5,9-10H2,1H3,(H2,24,25,26);1H. The van der Waals surface area contributed by atoms with Crippen molar-refractivity contribution in [3.63, 3.8) is 0 Å². The summed E-state index contributed by atoms with van der Waals surface area (Å²) in [6.45, 7) is -2.55. The molecule has 11 heteroatoms. The van der Waals surface area contributed by atoms with Crippen molar-refractivity contribution in [1.82, 2.24) is 10.6 Å². The number of halogens is 5. The highest BCUT2D eigenvalue weighted by Gasteiger charge is 2.20. The zero-order valence-electron chi connectivity index (χ0n) is 15.9. The highest BCUT2D eigenvalue weighted by Crippen LogP contribution is 2.38. The first kappa shape index (κ1) is 23.8. The maximum absolute atomic E-state index is 13.7. The van der Waals surface area contributed by atoms with Gasteiger partial charge in [-0.25, -0.2) is 8.78 Å². The summed E-state index contributed by atoms with van der Waals surface area (Å²) < 4.78 is 67.0. The number of nitrogens with zero attached hydrogens (tertiary/aromatic N) is 1. The lowest BCUT2D eigenvalue weighted by molar-refractivity contribution is -0.0505. The van der Waals surface area contributed by atoms with Crippen molar-refractivity contribution in [1.29, 1.82) is 0 Å². The number of ether oxygens (including phenoxy) is 3. The number of nitrogens with one attached hydrogen (secondary N) is 2. The molecule has 6 nitrogen and oxygen atoms in total. The largest absolute Gasteiger partial charge is 0.454 e. The van der Waals surface area contributed by atoms with Crippen molar-refractivity contribution in [3.05, 3.63) is 53.1 Å². The normalized spacial score (nSPS) is 12.5. The van der Waals surface area contributed by atoms with Crippen LogP contribution in [0.2, 0.25) is 0 Å². The maximum atomic E-state index is 13.7. The Balaban J connectivity index is 0.00000320. The Morgan fingerprint density at radius 2 is 1.83 bits per heavy atom. The zero-order chi connectivity index (χ0) is 20.8. The van der Waals surface area contributed by atoms with Gasteiger partial charge in [-0.2, -0.15) is 8.78 Å². The van der Waals surface area contributed by atoms with Gasteiger partial charge in [0.15, 0.2) is 17.5 Å². The molecule has 0 bridgehead atoms. The highest BCUT2D eigenvalue weighted by molar-refractivity contribution is 14.0. The van der Waals surface area contributed by atoms with Crippen LogP contribution in [0.4, 0.5) is 17.6 Å². The molecule has 0 unspecified atom stereocenters. The number of hydrogen-bond donors (Lipinski definition) is 2. The molecule has 1 heterocycles. The topological polar surface area (TPSA) is 64.1 Å². The first-order chi connectivity index (χ1) is 14.0. The van der Waals surface area contributed by atoms with Gasteiger partial charge in [-0.05, 0) is 24.1 Å². The minimum absolute atomic E-state index is 0. The maximum Gasteiger partial charge on any atom is 0.387 e. The first-order valence-electron chi connectivity index (χ1n) is 8.72. The van der Waals surface area contributed by atoms with Crippen LogP contribution in [0.15, 0.2) is 35.3 Å². The van der Waals surface area contributed by atoms with Crippen LogP contribution in [-0.2, 0) is 13.0 Å². The molecule has 0 saturated carbocycles. The van der Waals surface area contributed by atoms with Crippen molar-refractivity contribution in [2.24, 2.45) is 4.99 Å². The first-order valence-corrected chi connectivity index (χ1v) is 8.72. The van der Waals surface area contributed by atoms with Crippen molar-refractivity contribution >= 4 is 29.9 Å². The third-order valence-corrected chi connectivity index (χ3v) is 4.14. The fourth-order valence-corrected chi connectivity index (χ4v) is 2.75. The lowest BCUT2D eigenvalue weighted by Crippen LogP contribution is -2.38. The van der Waals surface area contributed by atoms with E-state index in [9.17, 15) is 17.6 Å². The van der Waals surface area contributed by atoms with E-state index in [1.165, 1.54) is 25.2 Å². The minimum Gasteiger partial charge on any atom is -0.454 e. The number of fused-ring (bicyclic) bond motifs is 1. The lowest BCUT2D eigenvalue weighted by atomic mass is 10.1. The van der Waals surface area contributed by atoms with E-state index in [4.69, 9.17) is 9.47 Å². The van der Waals surface area contributed by atoms with E-state index in [2.05, 4.69) is 20.4 Å². The minimum atomic E-state index is -2.99. The summed E-state index contributed by atoms with van der Waals surface area (Å²) in [5, 5.41) is 5.94. The summed E-state index contributed by atoms with van der Waals surface area (Å²) in [6.07, 6.45) is 0.302. The van der Waals surface area contributed by atoms with Crippen molar-refractivity contribution in [2.45, 2.75) is 19.6 Å². The van der Waals surface area contributed by atoms with Crippen LogP contribution in [-0.4, -0.2) is 33.0 Å². The van der Waals surface area contributed by atoms with Crippen molar-refractivity contribution in [2.75, 3.05) is 20.4 Å². The van der Waals surface area contributed by atoms with Gasteiger partial charge in [-0.3, -0.25) is 4.99 Å². The van der Waals surface area contributed by atoms with Crippen LogP contribution in [0.1, 0.15) is 11.1 Å². The van der Waals surface area contributed by atoms with E-state index in [1.807, 2.05) is 0 Å². The number of aliphatic imine (C=N–C) groups is 1. The third kappa shape index (κ3) is 6.28. The third-order valence-electron chi connectivity index (χ3n) is 4.14. The van der Waals surface area contributed by atoms with Gasteiger partial charge >= 0.3 is 6.61 Å². The Morgan fingerprint density at radius 3 is 2.50 bits per heavy atom. The summed E-state index contributed by atoms with van der Waals surface area (Å²) in [7, 11) is 1.53. The molecule has 0 saturated heterocycles. The average Bonchev–Trinajstić information content (AvgIpc) is 3.12. The Labute approximate surface area is 187 Å². The number of hydrogen-bond acceptors (Lipinski definition) is 4. The zero-order valence-corrected chi connectivity index (χ0v) is 18.2. The van der Waals surface area contributed by atoms with Crippen LogP contribution in [0.25, 0.3) is 0 Å².